The zero-order valence-corrected chi connectivity index (χ0v) is 19.2. The molecular weight excluding hydrogens is 510 g/mol. The second-order valence-electron chi connectivity index (χ2n) is 7.59. The lowest BCUT2D eigenvalue weighted by atomic mass is 10.0. The zero-order valence-electron chi connectivity index (χ0n) is 17.4. The topological polar surface area (TPSA) is 257 Å². The number of H-pyrrole nitrogens is 1. The molecule has 1 aromatic heterocycles. The van der Waals surface area contributed by atoms with Gasteiger partial charge in [-0.25, -0.2) is 13.9 Å². The maximum absolute atomic E-state index is 12.1. The van der Waals surface area contributed by atoms with Crippen LogP contribution >= 0.6 is 15.6 Å². The highest BCUT2D eigenvalue weighted by molar-refractivity contribution is 7.61. The Morgan fingerprint density at radius 1 is 1.09 bits per heavy atom. The molecule has 0 amide bonds. The third-order valence-corrected chi connectivity index (χ3v) is 7.52. The number of phosphoric ester groups is 2. The molecule has 3 heterocycles. The van der Waals surface area contributed by atoms with Crippen molar-refractivity contribution in [2.24, 2.45) is 0 Å². The summed E-state index contributed by atoms with van der Waals surface area (Å²) in [5.41, 5.74) is -1.69. The predicted octanol–water partition coefficient (Wildman–Crippen LogP) is -2.74. The van der Waals surface area contributed by atoms with Crippen molar-refractivity contribution in [3.05, 3.63) is 33.1 Å². The minimum Gasteiger partial charge on any atom is -0.390 e. The molecule has 194 valence electrons. The average Bonchev–Trinajstić information content (AvgIpc) is 2.97. The molecule has 2 saturated heterocycles. The third-order valence-electron chi connectivity index (χ3n) is 4.92. The van der Waals surface area contributed by atoms with Crippen molar-refractivity contribution >= 4 is 15.6 Å². The van der Waals surface area contributed by atoms with Crippen LogP contribution in [-0.4, -0.2) is 89.3 Å². The maximum Gasteiger partial charge on any atom is 0.483 e. The van der Waals surface area contributed by atoms with Gasteiger partial charge in [-0.1, -0.05) is 0 Å². The van der Waals surface area contributed by atoms with E-state index in [1.807, 2.05) is 4.98 Å². The van der Waals surface area contributed by atoms with E-state index in [-0.39, 0.29) is 6.42 Å². The fourth-order valence-electron chi connectivity index (χ4n) is 3.31. The van der Waals surface area contributed by atoms with Crippen molar-refractivity contribution in [1.29, 1.82) is 0 Å². The highest BCUT2D eigenvalue weighted by atomic mass is 31.3. The average molecular weight is 534 g/mol. The summed E-state index contributed by atoms with van der Waals surface area (Å²) >= 11 is 0. The van der Waals surface area contributed by atoms with E-state index in [1.54, 1.807) is 0 Å². The van der Waals surface area contributed by atoms with Crippen LogP contribution in [0, 0.1) is 0 Å². The Morgan fingerprint density at radius 3 is 2.41 bits per heavy atom. The van der Waals surface area contributed by atoms with Gasteiger partial charge < -0.3 is 39.7 Å². The number of phosphoric acid groups is 2. The summed E-state index contributed by atoms with van der Waals surface area (Å²) in [6.45, 7) is 0.517. The molecule has 0 aromatic carbocycles. The molecule has 2 aliphatic rings. The molecule has 0 bridgehead atoms. The number of aliphatic hydroxyl groups is 4. The largest absolute Gasteiger partial charge is 0.483 e. The molecule has 0 spiro atoms. The van der Waals surface area contributed by atoms with Gasteiger partial charge in [0.25, 0.3) is 5.56 Å². The van der Waals surface area contributed by atoms with Crippen LogP contribution in [0.15, 0.2) is 21.9 Å². The van der Waals surface area contributed by atoms with E-state index in [0.29, 0.717) is 0 Å². The Hall–Kier alpha value is -1.30. The van der Waals surface area contributed by atoms with Gasteiger partial charge in [-0.3, -0.25) is 23.4 Å². The van der Waals surface area contributed by atoms with Crippen LogP contribution < -0.4 is 11.2 Å². The van der Waals surface area contributed by atoms with E-state index < -0.39 is 82.6 Å². The molecule has 17 nitrogen and oxygen atoms in total. The summed E-state index contributed by atoms with van der Waals surface area (Å²) in [5, 5.41) is 39.7. The van der Waals surface area contributed by atoms with Crippen LogP contribution in [0.3, 0.4) is 0 Å². The van der Waals surface area contributed by atoms with Gasteiger partial charge in [-0.05, 0) is 6.92 Å². The number of nitrogens with one attached hydrogen (secondary N) is 1. The first-order valence-corrected chi connectivity index (χ1v) is 12.7. The van der Waals surface area contributed by atoms with E-state index in [9.17, 15) is 48.9 Å². The van der Waals surface area contributed by atoms with Crippen LogP contribution in [0.5, 0.6) is 0 Å². The highest BCUT2D eigenvalue weighted by Crippen LogP contribution is 2.61. The van der Waals surface area contributed by atoms with Gasteiger partial charge in [0, 0.05) is 18.7 Å². The molecule has 1 aromatic rings. The van der Waals surface area contributed by atoms with Crippen molar-refractivity contribution in [3.63, 3.8) is 0 Å². The summed E-state index contributed by atoms with van der Waals surface area (Å²) in [6.07, 6.45) is -11.1. The van der Waals surface area contributed by atoms with Gasteiger partial charge in [-0.2, -0.15) is 4.31 Å². The summed E-state index contributed by atoms with van der Waals surface area (Å²) in [7, 11) is -10.8. The Balaban J connectivity index is 1.60. The second-order valence-corrected chi connectivity index (χ2v) is 10.6. The Morgan fingerprint density at radius 2 is 1.76 bits per heavy atom. The monoisotopic (exact) mass is 534 g/mol. The molecular formula is C15H24N2O15P2. The van der Waals surface area contributed by atoms with E-state index >= 15 is 0 Å². The molecule has 5 unspecified atom stereocenters. The normalized spacial score (nSPS) is 37.7. The highest BCUT2D eigenvalue weighted by Gasteiger charge is 2.47. The van der Waals surface area contributed by atoms with Gasteiger partial charge in [-0.15, -0.1) is 0 Å². The SMILES string of the molecule is CC1C[C@H](O)C(O)[C@H](OP(=O)(O)OP(=O)(O)OC[C@H]2O[C@@H](n3ccc(=O)[nH]c3=O)C(O)[C@H]2O)O1. The van der Waals surface area contributed by atoms with Gasteiger partial charge >= 0.3 is 21.3 Å². The summed E-state index contributed by atoms with van der Waals surface area (Å²) < 4.78 is 48.5. The second kappa shape index (κ2) is 10.4. The number of aromatic nitrogens is 2. The molecule has 0 aliphatic carbocycles. The maximum atomic E-state index is 12.1. The molecule has 34 heavy (non-hydrogen) atoms. The number of hydrogen-bond acceptors (Lipinski definition) is 13. The van der Waals surface area contributed by atoms with Gasteiger partial charge in [0.05, 0.1) is 18.8 Å². The predicted molar refractivity (Wildman–Crippen MR) is 106 cm³/mol. The standard InChI is InChI=1S/C15H24N2O15P2/c1-6-4-7(18)10(20)14(29-6)31-34(26,27)32-33(24,25)28-5-8-11(21)12(22)13(30-8)17-3-2-9(19)16-15(17)23/h2-3,6-8,10-14,18,20-22H,4-5H2,1H3,(H,24,25)(H,26,27)(H,16,19,23)/t6?,7-,8+,10?,11-,12?,13+,14-/m0/s1. The summed E-state index contributed by atoms with van der Waals surface area (Å²) in [4.78, 5) is 44.5. The lowest BCUT2D eigenvalue weighted by Gasteiger charge is -2.35. The van der Waals surface area contributed by atoms with E-state index in [2.05, 4.69) is 13.4 Å². The van der Waals surface area contributed by atoms with Crippen molar-refractivity contribution in [2.75, 3.05) is 6.61 Å². The zero-order chi connectivity index (χ0) is 25.4. The number of nitrogens with zero attached hydrogens (tertiary/aromatic N) is 1. The molecule has 10 atom stereocenters. The van der Waals surface area contributed by atoms with Crippen molar-refractivity contribution in [2.45, 2.75) is 62.5 Å². The van der Waals surface area contributed by atoms with E-state index in [1.165, 1.54) is 6.92 Å². The summed E-state index contributed by atoms with van der Waals surface area (Å²) in [5.74, 6) is 0. The molecule has 0 saturated carbocycles. The van der Waals surface area contributed by atoms with Crippen molar-refractivity contribution in [1.82, 2.24) is 9.55 Å². The van der Waals surface area contributed by atoms with Crippen LogP contribution in [-0.2, 0) is 32.0 Å². The van der Waals surface area contributed by atoms with Crippen molar-refractivity contribution < 1.29 is 62.2 Å². The van der Waals surface area contributed by atoms with Crippen LogP contribution in [0.25, 0.3) is 0 Å². The number of rotatable bonds is 8. The quantitative estimate of drug-likeness (QED) is 0.167. The fraction of sp³-hybridized carbons (Fsp3) is 0.733. The lowest BCUT2D eigenvalue weighted by molar-refractivity contribution is -0.235. The van der Waals surface area contributed by atoms with Gasteiger partial charge in [0.2, 0.25) is 0 Å². The lowest BCUT2D eigenvalue weighted by Crippen LogP contribution is -2.48. The molecule has 0 radical (unpaired) electrons. The molecule has 3 rings (SSSR count). The minimum absolute atomic E-state index is 0.000958. The van der Waals surface area contributed by atoms with Gasteiger partial charge in [0.15, 0.2) is 12.5 Å². The first-order valence-electron chi connectivity index (χ1n) is 9.73. The Labute approximate surface area is 190 Å². The molecule has 7 N–H and O–H groups in total. The summed E-state index contributed by atoms with van der Waals surface area (Å²) in [6, 6.07) is 0.953. The van der Waals surface area contributed by atoms with Gasteiger partial charge in [0.1, 0.15) is 24.4 Å². The van der Waals surface area contributed by atoms with Crippen LogP contribution in [0.4, 0.5) is 0 Å². The first kappa shape index (κ1) is 27.3. The van der Waals surface area contributed by atoms with Crippen LogP contribution in [0.1, 0.15) is 19.6 Å². The third kappa shape index (κ3) is 6.47. The van der Waals surface area contributed by atoms with Crippen LogP contribution in [0.2, 0.25) is 0 Å². The molecule has 2 fully saturated rings. The Kier molecular flexibility index (Phi) is 8.32. The number of aliphatic hydroxyl groups excluding tert-OH is 4. The smallest absolute Gasteiger partial charge is 0.390 e. The Bertz CT molecular complexity index is 1080. The number of aromatic amines is 1. The fourth-order valence-corrected chi connectivity index (χ4v) is 5.47. The van der Waals surface area contributed by atoms with E-state index in [4.69, 9.17) is 9.47 Å². The first-order chi connectivity index (χ1) is 15.7. The molecule has 19 heteroatoms. The minimum atomic E-state index is -5.40. The molecule has 2 aliphatic heterocycles. The van der Waals surface area contributed by atoms with E-state index in [0.717, 1.165) is 16.8 Å². The number of ether oxygens (including phenoxy) is 2. The van der Waals surface area contributed by atoms with Crippen molar-refractivity contribution in [3.8, 4) is 0 Å². The number of hydrogen-bond donors (Lipinski definition) is 7.